The molecule has 1 fully saturated rings. The van der Waals surface area contributed by atoms with E-state index in [0.29, 0.717) is 11.8 Å². The quantitative estimate of drug-likeness (QED) is 0.801. The van der Waals surface area contributed by atoms with Crippen molar-refractivity contribution in [3.8, 4) is 0 Å². The summed E-state index contributed by atoms with van der Waals surface area (Å²) >= 11 is 5.43. The van der Waals surface area contributed by atoms with Crippen molar-refractivity contribution < 1.29 is 0 Å². The van der Waals surface area contributed by atoms with Gasteiger partial charge in [0.25, 0.3) is 0 Å². The van der Waals surface area contributed by atoms with Gasteiger partial charge in [-0.05, 0) is 48.8 Å². The Balaban J connectivity index is 1.74. The highest BCUT2D eigenvalue weighted by molar-refractivity contribution is 7.71. The smallest absolute Gasteiger partial charge is 0.130 e. The molecule has 2 aliphatic carbocycles. The molecule has 1 unspecified atom stereocenters. The van der Waals surface area contributed by atoms with E-state index in [1.165, 1.54) is 42.5 Å². The monoisotopic (exact) mass is 296 g/mol. The van der Waals surface area contributed by atoms with E-state index >= 15 is 0 Å². The number of nitrogens with one attached hydrogen (secondary N) is 1. The van der Waals surface area contributed by atoms with Crippen LogP contribution in [0.15, 0.2) is 30.3 Å². The molecule has 1 aromatic carbocycles. The number of hydrogen-bond donors (Lipinski definition) is 1. The Hall–Kier alpha value is -1.48. The minimum Gasteiger partial charge on any atom is -0.346 e. The van der Waals surface area contributed by atoms with Gasteiger partial charge in [0.05, 0.1) is 0 Å². The molecule has 1 saturated carbocycles. The zero-order chi connectivity index (χ0) is 14.2. The third-order valence-corrected chi connectivity index (χ3v) is 5.25. The second kappa shape index (κ2) is 5.38. The minimum atomic E-state index is 0.393. The molecule has 108 valence electrons. The summed E-state index contributed by atoms with van der Waals surface area (Å²) in [5.74, 6) is 2.13. The number of hydrogen-bond acceptors (Lipinski definition) is 2. The number of H-pyrrole nitrogens is 1. The minimum absolute atomic E-state index is 0.393. The van der Waals surface area contributed by atoms with Gasteiger partial charge in [-0.25, -0.2) is 4.98 Å². The Morgan fingerprint density at radius 1 is 1.10 bits per heavy atom. The SMILES string of the molecule is S=c1cc(C2CCCC2)[nH]c(C2CCc3ccccc32)n1. The molecule has 3 heteroatoms. The molecule has 2 nitrogen and oxygen atoms in total. The van der Waals surface area contributed by atoms with Crippen molar-refractivity contribution in [2.24, 2.45) is 0 Å². The average Bonchev–Trinajstić information content (AvgIpc) is 3.16. The molecule has 2 aromatic rings. The number of aryl methyl sites for hydroxylation is 1. The topological polar surface area (TPSA) is 28.7 Å². The highest BCUT2D eigenvalue weighted by Gasteiger charge is 2.26. The first kappa shape index (κ1) is 13.2. The van der Waals surface area contributed by atoms with Gasteiger partial charge in [-0.1, -0.05) is 49.3 Å². The van der Waals surface area contributed by atoms with Crippen LogP contribution in [0, 0.1) is 4.64 Å². The van der Waals surface area contributed by atoms with E-state index in [9.17, 15) is 0 Å². The van der Waals surface area contributed by atoms with Crippen LogP contribution in [0.1, 0.15) is 66.6 Å². The van der Waals surface area contributed by atoms with Gasteiger partial charge in [-0.2, -0.15) is 0 Å². The van der Waals surface area contributed by atoms with Gasteiger partial charge in [-0.15, -0.1) is 0 Å². The third kappa shape index (κ3) is 2.44. The van der Waals surface area contributed by atoms with E-state index in [1.807, 2.05) is 0 Å². The van der Waals surface area contributed by atoms with Crippen molar-refractivity contribution in [1.29, 1.82) is 0 Å². The van der Waals surface area contributed by atoms with Crippen LogP contribution in [0.3, 0.4) is 0 Å². The molecule has 1 atom stereocenters. The Bertz CT molecular complexity index is 713. The van der Waals surface area contributed by atoms with Crippen molar-refractivity contribution >= 4 is 12.2 Å². The lowest BCUT2D eigenvalue weighted by atomic mass is 9.99. The molecule has 21 heavy (non-hydrogen) atoms. The molecule has 2 aliphatic rings. The summed E-state index contributed by atoms with van der Waals surface area (Å²) in [7, 11) is 0. The predicted molar refractivity (Wildman–Crippen MR) is 87.2 cm³/mol. The van der Waals surface area contributed by atoms with Crippen molar-refractivity contribution in [1.82, 2.24) is 9.97 Å². The molecule has 0 amide bonds. The van der Waals surface area contributed by atoms with Gasteiger partial charge >= 0.3 is 0 Å². The van der Waals surface area contributed by atoms with Gasteiger partial charge < -0.3 is 4.98 Å². The normalized spacial score (nSPS) is 21.6. The van der Waals surface area contributed by atoms with Crippen LogP contribution in [-0.4, -0.2) is 9.97 Å². The lowest BCUT2D eigenvalue weighted by Crippen LogP contribution is -2.07. The van der Waals surface area contributed by atoms with Crippen LogP contribution in [0.25, 0.3) is 0 Å². The van der Waals surface area contributed by atoms with E-state index in [0.717, 1.165) is 23.3 Å². The number of aromatic amines is 1. The van der Waals surface area contributed by atoms with Crippen molar-refractivity contribution in [3.63, 3.8) is 0 Å². The maximum Gasteiger partial charge on any atom is 0.130 e. The first-order valence-electron chi connectivity index (χ1n) is 8.00. The van der Waals surface area contributed by atoms with Crippen molar-refractivity contribution in [2.45, 2.75) is 50.4 Å². The van der Waals surface area contributed by atoms with Gasteiger partial charge in [-0.3, -0.25) is 0 Å². The van der Waals surface area contributed by atoms with Gasteiger partial charge in [0, 0.05) is 11.6 Å². The van der Waals surface area contributed by atoms with Gasteiger partial charge in [0.15, 0.2) is 0 Å². The fourth-order valence-corrected chi connectivity index (χ4v) is 4.18. The Morgan fingerprint density at radius 3 is 2.76 bits per heavy atom. The first-order valence-corrected chi connectivity index (χ1v) is 8.41. The number of nitrogens with zero attached hydrogens (tertiary/aromatic N) is 1. The fraction of sp³-hybridized carbons (Fsp3) is 0.444. The zero-order valence-corrected chi connectivity index (χ0v) is 13.0. The molecule has 1 N–H and O–H groups in total. The summed E-state index contributed by atoms with van der Waals surface area (Å²) in [4.78, 5) is 8.28. The van der Waals surface area contributed by atoms with Crippen LogP contribution in [0.4, 0.5) is 0 Å². The molecular formula is C18H20N2S. The van der Waals surface area contributed by atoms with Crippen LogP contribution >= 0.6 is 12.2 Å². The predicted octanol–water partition coefficient (Wildman–Crippen LogP) is 4.87. The van der Waals surface area contributed by atoms with Crippen LogP contribution in [0.5, 0.6) is 0 Å². The summed E-state index contributed by atoms with van der Waals surface area (Å²) in [5, 5.41) is 0. The summed E-state index contributed by atoms with van der Waals surface area (Å²) < 4.78 is 0.745. The number of rotatable bonds is 2. The maximum absolute atomic E-state index is 5.43. The van der Waals surface area contributed by atoms with Crippen molar-refractivity contribution in [2.75, 3.05) is 0 Å². The standard InChI is InChI=1S/C18H20N2S/c21-17-11-16(13-6-1-2-7-13)19-18(20-17)15-10-9-12-5-3-4-8-14(12)15/h3-5,8,11,13,15H,1-2,6-7,9-10H2,(H,19,20,21). The molecule has 1 heterocycles. The van der Waals surface area contributed by atoms with Crippen LogP contribution < -0.4 is 0 Å². The largest absolute Gasteiger partial charge is 0.346 e. The van der Waals surface area contributed by atoms with Gasteiger partial charge in [0.2, 0.25) is 0 Å². The molecule has 0 saturated heterocycles. The van der Waals surface area contributed by atoms with Gasteiger partial charge in [0.1, 0.15) is 10.5 Å². The molecule has 0 bridgehead atoms. The zero-order valence-electron chi connectivity index (χ0n) is 12.1. The Morgan fingerprint density at radius 2 is 1.90 bits per heavy atom. The van der Waals surface area contributed by atoms with Crippen LogP contribution in [-0.2, 0) is 6.42 Å². The lowest BCUT2D eigenvalue weighted by Gasteiger charge is -2.15. The van der Waals surface area contributed by atoms with E-state index in [2.05, 4.69) is 40.3 Å². The maximum atomic E-state index is 5.43. The highest BCUT2D eigenvalue weighted by atomic mass is 32.1. The second-order valence-corrected chi connectivity index (χ2v) is 6.75. The fourth-order valence-electron chi connectivity index (χ4n) is 3.96. The Labute approximate surface area is 130 Å². The summed E-state index contributed by atoms with van der Waals surface area (Å²) in [5.41, 5.74) is 4.21. The van der Waals surface area contributed by atoms with Crippen LogP contribution in [0.2, 0.25) is 0 Å². The molecule has 1 aromatic heterocycles. The molecule has 0 spiro atoms. The average molecular weight is 296 g/mol. The lowest BCUT2D eigenvalue weighted by molar-refractivity contribution is 0.660. The summed E-state index contributed by atoms with van der Waals surface area (Å²) in [6.07, 6.45) is 7.55. The highest BCUT2D eigenvalue weighted by Crippen LogP contribution is 2.38. The van der Waals surface area contributed by atoms with E-state index in [4.69, 9.17) is 12.2 Å². The number of fused-ring (bicyclic) bond motifs is 1. The van der Waals surface area contributed by atoms with Crippen molar-refractivity contribution in [3.05, 3.63) is 57.6 Å². The number of benzene rings is 1. The van der Waals surface area contributed by atoms with E-state index < -0.39 is 0 Å². The summed E-state index contributed by atoms with van der Waals surface area (Å²) in [6.45, 7) is 0. The molecule has 0 radical (unpaired) electrons. The third-order valence-electron chi connectivity index (χ3n) is 5.04. The van der Waals surface area contributed by atoms with E-state index in [-0.39, 0.29) is 0 Å². The molecule has 0 aliphatic heterocycles. The molecule has 4 rings (SSSR count). The Kier molecular flexibility index (Phi) is 3.38. The molecular weight excluding hydrogens is 276 g/mol. The first-order chi connectivity index (χ1) is 10.3. The van der Waals surface area contributed by atoms with E-state index in [1.54, 1.807) is 0 Å². The number of aromatic nitrogens is 2. The second-order valence-electron chi connectivity index (χ2n) is 6.33. The summed E-state index contributed by atoms with van der Waals surface area (Å²) in [6, 6.07) is 10.8.